The van der Waals surface area contributed by atoms with Crippen molar-refractivity contribution in [2.75, 3.05) is 27.4 Å². The summed E-state index contributed by atoms with van der Waals surface area (Å²) in [5.74, 6) is 0. The Morgan fingerprint density at radius 2 is 2.27 bits per heavy atom. The topological polar surface area (TPSA) is 57.4 Å². The molecule has 0 aliphatic heterocycles. The normalized spacial score (nSPS) is 13.0. The maximum atomic E-state index is 5.87. The highest BCUT2D eigenvalue weighted by atomic mass is 32.1. The first-order valence-corrected chi connectivity index (χ1v) is 5.83. The molecule has 1 heterocycles. The lowest BCUT2D eigenvalue weighted by Gasteiger charge is -2.05. The summed E-state index contributed by atoms with van der Waals surface area (Å²) in [7, 11) is 3.35. The van der Waals surface area contributed by atoms with Crippen molar-refractivity contribution in [3.05, 3.63) is 16.1 Å². The molecule has 0 amide bonds. The zero-order chi connectivity index (χ0) is 11.1. The van der Waals surface area contributed by atoms with Gasteiger partial charge in [0.25, 0.3) is 0 Å². The van der Waals surface area contributed by atoms with Crippen LogP contribution in [0.4, 0.5) is 0 Å². The molecule has 0 aliphatic rings. The Hall–Kier alpha value is -0.490. The quantitative estimate of drug-likeness (QED) is 0.719. The van der Waals surface area contributed by atoms with E-state index in [2.05, 4.69) is 4.98 Å². The summed E-state index contributed by atoms with van der Waals surface area (Å²) in [6, 6.07) is -0.109. The van der Waals surface area contributed by atoms with Crippen LogP contribution >= 0.6 is 11.3 Å². The van der Waals surface area contributed by atoms with Crippen LogP contribution in [-0.4, -0.2) is 32.4 Å². The average molecular weight is 230 g/mol. The molecule has 0 saturated carbocycles. The van der Waals surface area contributed by atoms with Gasteiger partial charge in [-0.05, 0) is 6.42 Å². The zero-order valence-corrected chi connectivity index (χ0v) is 10.0. The molecule has 1 rings (SSSR count). The van der Waals surface area contributed by atoms with E-state index in [1.807, 2.05) is 5.38 Å². The molecule has 0 saturated heterocycles. The largest absolute Gasteiger partial charge is 0.385 e. The number of hydrogen-bond acceptors (Lipinski definition) is 5. The second-order valence-corrected chi connectivity index (χ2v) is 4.27. The number of aromatic nitrogens is 1. The molecule has 0 fully saturated rings. The summed E-state index contributed by atoms with van der Waals surface area (Å²) in [4.78, 5) is 4.46. The Labute approximate surface area is 94.4 Å². The number of nitrogens with zero attached hydrogens (tertiary/aromatic N) is 1. The summed E-state index contributed by atoms with van der Waals surface area (Å²) in [6.45, 7) is 1.29. The van der Waals surface area contributed by atoms with Crippen molar-refractivity contribution in [1.82, 2.24) is 4.98 Å². The van der Waals surface area contributed by atoms with Gasteiger partial charge < -0.3 is 15.2 Å². The number of aryl methyl sites for hydroxylation is 1. The molecule has 0 aliphatic carbocycles. The van der Waals surface area contributed by atoms with Gasteiger partial charge in [0.2, 0.25) is 0 Å². The fraction of sp³-hybridized carbons (Fsp3) is 0.700. The average Bonchev–Trinajstić information content (AvgIpc) is 2.67. The predicted molar refractivity (Wildman–Crippen MR) is 61.1 cm³/mol. The molecule has 1 unspecified atom stereocenters. The highest BCUT2D eigenvalue weighted by molar-refractivity contribution is 7.09. The highest BCUT2D eigenvalue weighted by Gasteiger charge is 2.09. The Kier molecular flexibility index (Phi) is 5.78. The van der Waals surface area contributed by atoms with E-state index >= 15 is 0 Å². The fourth-order valence-electron chi connectivity index (χ4n) is 1.24. The van der Waals surface area contributed by atoms with Gasteiger partial charge in [0.05, 0.1) is 23.4 Å². The van der Waals surface area contributed by atoms with Gasteiger partial charge >= 0.3 is 0 Å². The van der Waals surface area contributed by atoms with Crippen molar-refractivity contribution in [3.8, 4) is 0 Å². The molecular formula is C10H18N2O2S. The number of hydrogen-bond donors (Lipinski definition) is 1. The molecule has 5 heteroatoms. The monoisotopic (exact) mass is 230 g/mol. The first kappa shape index (κ1) is 12.6. The first-order chi connectivity index (χ1) is 7.27. The van der Waals surface area contributed by atoms with Crippen LogP contribution in [0.5, 0.6) is 0 Å². The fourth-order valence-corrected chi connectivity index (χ4v) is 2.15. The molecule has 1 atom stereocenters. The van der Waals surface area contributed by atoms with E-state index in [9.17, 15) is 0 Å². The van der Waals surface area contributed by atoms with Crippen LogP contribution in [-0.2, 0) is 15.9 Å². The molecule has 0 aromatic carbocycles. The third-order valence-electron chi connectivity index (χ3n) is 2.03. The van der Waals surface area contributed by atoms with E-state index in [1.54, 1.807) is 25.6 Å². The van der Waals surface area contributed by atoms with Crippen LogP contribution in [0.1, 0.15) is 23.2 Å². The van der Waals surface area contributed by atoms with Crippen molar-refractivity contribution in [3.63, 3.8) is 0 Å². The Morgan fingerprint density at radius 1 is 1.47 bits per heavy atom. The summed E-state index contributed by atoms with van der Waals surface area (Å²) in [5.41, 5.74) is 6.79. The molecule has 1 aromatic rings. The predicted octanol–water partition coefficient (Wildman–Crippen LogP) is 1.37. The Bertz CT molecular complexity index is 278. The molecule has 86 valence electrons. The molecule has 2 N–H and O–H groups in total. The van der Waals surface area contributed by atoms with Gasteiger partial charge in [0.15, 0.2) is 0 Å². The van der Waals surface area contributed by atoms with Gasteiger partial charge in [-0.2, -0.15) is 0 Å². The van der Waals surface area contributed by atoms with Crippen molar-refractivity contribution >= 4 is 11.3 Å². The van der Waals surface area contributed by atoms with Crippen LogP contribution in [0.15, 0.2) is 5.38 Å². The lowest BCUT2D eigenvalue weighted by Crippen LogP contribution is -2.16. The maximum Gasteiger partial charge on any atom is 0.0929 e. The third kappa shape index (κ3) is 4.25. The lowest BCUT2D eigenvalue weighted by atomic mass is 10.2. The van der Waals surface area contributed by atoms with Crippen LogP contribution in [0.3, 0.4) is 0 Å². The van der Waals surface area contributed by atoms with Crippen molar-refractivity contribution in [2.24, 2.45) is 5.73 Å². The summed E-state index contributed by atoms with van der Waals surface area (Å²) in [5, 5.41) is 3.12. The minimum atomic E-state index is -0.109. The Morgan fingerprint density at radius 3 is 2.93 bits per heavy atom. The van der Waals surface area contributed by atoms with Crippen LogP contribution < -0.4 is 5.73 Å². The molecule has 1 aromatic heterocycles. The maximum absolute atomic E-state index is 5.87. The van der Waals surface area contributed by atoms with Crippen LogP contribution in [0, 0.1) is 0 Å². The van der Waals surface area contributed by atoms with Gasteiger partial charge in [0, 0.05) is 32.6 Å². The smallest absolute Gasteiger partial charge is 0.0929 e. The minimum Gasteiger partial charge on any atom is -0.385 e. The Balaban J connectivity index is 2.41. The van der Waals surface area contributed by atoms with Crippen molar-refractivity contribution < 1.29 is 9.47 Å². The number of thiazole rings is 1. The molecule has 15 heavy (non-hydrogen) atoms. The molecular weight excluding hydrogens is 212 g/mol. The summed E-state index contributed by atoms with van der Waals surface area (Å²) >= 11 is 1.65. The first-order valence-electron chi connectivity index (χ1n) is 4.95. The van der Waals surface area contributed by atoms with Crippen LogP contribution in [0.25, 0.3) is 0 Å². The van der Waals surface area contributed by atoms with Gasteiger partial charge in [-0.15, -0.1) is 11.3 Å². The van der Waals surface area contributed by atoms with Gasteiger partial charge in [-0.1, -0.05) is 0 Å². The lowest BCUT2D eigenvalue weighted by molar-refractivity contribution is 0.179. The van der Waals surface area contributed by atoms with E-state index in [1.165, 1.54) is 0 Å². The third-order valence-corrected chi connectivity index (χ3v) is 2.96. The molecule has 0 spiro atoms. The van der Waals surface area contributed by atoms with Crippen molar-refractivity contribution in [1.29, 1.82) is 0 Å². The SMILES string of the molecule is COCCCc1nc(C(N)COC)cs1. The highest BCUT2D eigenvalue weighted by Crippen LogP contribution is 2.16. The van der Waals surface area contributed by atoms with Gasteiger partial charge in [-0.3, -0.25) is 0 Å². The van der Waals surface area contributed by atoms with Gasteiger partial charge in [0.1, 0.15) is 0 Å². The second-order valence-electron chi connectivity index (χ2n) is 3.32. The number of ether oxygens (including phenoxy) is 2. The number of nitrogens with two attached hydrogens (primary N) is 1. The molecule has 4 nitrogen and oxygen atoms in total. The van der Waals surface area contributed by atoms with E-state index in [0.717, 1.165) is 30.2 Å². The standard InChI is InChI=1S/C10H18N2O2S/c1-13-5-3-4-10-12-9(7-15-10)8(11)6-14-2/h7-8H,3-6,11H2,1-2H3. The van der Waals surface area contributed by atoms with E-state index in [0.29, 0.717) is 6.61 Å². The van der Waals surface area contributed by atoms with E-state index in [4.69, 9.17) is 15.2 Å². The molecule has 0 bridgehead atoms. The second kappa shape index (κ2) is 6.90. The van der Waals surface area contributed by atoms with Crippen LogP contribution in [0.2, 0.25) is 0 Å². The van der Waals surface area contributed by atoms with Crippen molar-refractivity contribution in [2.45, 2.75) is 18.9 Å². The van der Waals surface area contributed by atoms with E-state index < -0.39 is 0 Å². The van der Waals surface area contributed by atoms with E-state index in [-0.39, 0.29) is 6.04 Å². The number of methoxy groups -OCH3 is 2. The number of rotatable bonds is 7. The minimum absolute atomic E-state index is 0.109. The van der Waals surface area contributed by atoms with Gasteiger partial charge in [-0.25, -0.2) is 4.98 Å². The molecule has 0 radical (unpaired) electrons. The summed E-state index contributed by atoms with van der Waals surface area (Å²) in [6.07, 6.45) is 1.96. The zero-order valence-electron chi connectivity index (χ0n) is 9.23. The summed E-state index contributed by atoms with van der Waals surface area (Å²) < 4.78 is 9.97.